The summed E-state index contributed by atoms with van der Waals surface area (Å²) in [5.41, 5.74) is 3.37. The number of nitrogens with one attached hydrogen (secondary N) is 2. The Labute approximate surface area is 182 Å². The number of carbonyl (C=O) groups is 1. The van der Waals surface area contributed by atoms with Gasteiger partial charge in [0, 0.05) is 36.9 Å². The molecule has 2 aromatic heterocycles. The van der Waals surface area contributed by atoms with Crippen molar-refractivity contribution in [2.24, 2.45) is 0 Å². The van der Waals surface area contributed by atoms with E-state index in [1.54, 1.807) is 6.08 Å². The summed E-state index contributed by atoms with van der Waals surface area (Å²) in [5.74, 6) is 0.429. The summed E-state index contributed by atoms with van der Waals surface area (Å²) in [7, 11) is 0. The quantitative estimate of drug-likeness (QED) is 0.395. The van der Waals surface area contributed by atoms with Crippen LogP contribution in [0.15, 0.2) is 11.6 Å². The van der Waals surface area contributed by atoms with Crippen LogP contribution in [0, 0.1) is 29.9 Å². The fourth-order valence-electron chi connectivity index (χ4n) is 4.40. The lowest BCUT2D eigenvalue weighted by Gasteiger charge is -2.26. The molecule has 2 aromatic rings. The van der Waals surface area contributed by atoms with E-state index in [1.165, 1.54) is 37.8 Å². The van der Waals surface area contributed by atoms with Crippen molar-refractivity contribution in [2.45, 2.75) is 71.9 Å². The van der Waals surface area contributed by atoms with Gasteiger partial charge in [-0.1, -0.05) is 19.3 Å². The van der Waals surface area contributed by atoms with Gasteiger partial charge in [0.25, 0.3) is 5.91 Å². The molecule has 8 heteroatoms. The van der Waals surface area contributed by atoms with Gasteiger partial charge in [0.2, 0.25) is 0 Å². The van der Waals surface area contributed by atoms with Gasteiger partial charge in [0.1, 0.15) is 17.5 Å². The number of aryl methyl sites for hydroxylation is 1. The van der Waals surface area contributed by atoms with Crippen molar-refractivity contribution in [1.82, 2.24) is 24.6 Å². The lowest BCUT2D eigenvalue weighted by Crippen LogP contribution is -2.27. The van der Waals surface area contributed by atoms with Gasteiger partial charge < -0.3 is 14.5 Å². The zero-order chi connectivity index (χ0) is 21.7. The van der Waals surface area contributed by atoms with Gasteiger partial charge in [-0.15, -0.1) is 0 Å². The Kier molecular flexibility index (Phi) is 7.27. The van der Waals surface area contributed by atoms with Gasteiger partial charge in [-0.25, -0.2) is 0 Å². The highest BCUT2D eigenvalue weighted by Gasteiger charge is 2.20. The maximum atomic E-state index is 12.6. The summed E-state index contributed by atoms with van der Waals surface area (Å²) in [5, 5.41) is 19.4. The van der Waals surface area contributed by atoms with Crippen molar-refractivity contribution in [3.63, 3.8) is 0 Å². The van der Waals surface area contributed by atoms with Crippen LogP contribution in [0.4, 0.5) is 0 Å². The number of aromatic amines is 1. The second kappa shape index (κ2) is 9.90. The first-order valence-electron chi connectivity index (χ1n) is 10.7. The highest BCUT2D eigenvalue weighted by atomic mass is 32.1. The Bertz CT molecular complexity index is 1030. The molecule has 0 radical (unpaired) electrons. The van der Waals surface area contributed by atoms with Crippen LogP contribution in [0.3, 0.4) is 0 Å². The molecular weight excluding hydrogens is 396 g/mol. The molecule has 0 atom stereocenters. The van der Waals surface area contributed by atoms with Crippen LogP contribution in [0.5, 0.6) is 0 Å². The van der Waals surface area contributed by atoms with Crippen molar-refractivity contribution in [3.8, 4) is 6.07 Å². The van der Waals surface area contributed by atoms with Gasteiger partial charge in [-0.05, 0) is 63.5 Å². The number of nitriles is 1. The minimum absolute atomic E-state index is 0.119. The van der Waals surface area contributed by atoms with Crippen LogP contribution < -0.4 is 5.32 Å². The lowest BCUT2D eigenvalue weighted by atomic mass is 9.95. The molecule has 1 aliphatic carbocycles. The van der Waals surface area contributed by atoms with Crippen LogP contribution in [-0.2, 0) is 17.8 Å². The molecule has 30 heavy (non-hydrogen) atoms. The largest absolute Gasteiger partial charge is 0.351 e. The fourth-order valence-corrected chi connectivity index (χ4v) is 4.68. The highest BCUT2D eigenvalue weighted by Crippen LogP contribution is 2.32. The van der Waals surface area contributed by atoms with Gasteiger partial charge in [0.15, 0.2) is 4.77 Å². The van der Waals surface area contributed by atoms with E-state index in [1.807, 2.05) is 11.5 Å². The average Bonchev–Trinajstić information content (AvgIpc) is 3.24. The second-order valence-corrected chi connectivity index (χ2v) is 8.24. The zero-order valence-electron chi connectivity index (χ0n) is 18.0. The molecule has 2 heterocycles. The third-order valence-electron chi connectivity index (χ3n) is 5.92. The molecule has 1 saturated carbocycles. The van der Waals surface area contributed by atoms with E-state index in [4.69, 9.17) is 12.2 Å². The number of aromatic nitrogens is 4. The average molecular weight is 427 g/mol. The Morgan fingerprint density at radius 2 is 2.13 bits per heavy atom. The SMILES string of the molecule is CCn1c(CCNC(=O)/C(C#N)=C/c2cc(C)n(C3CCCCC3)c2C)n[nH]c1=S. The van der Waals surface area contributed by atoms with E-state index in [-0.39, 0.29) is 11.5 Å². The number of amides is 1. The van der Waals surface area contributed by atoms with E-state index in [0.717, 1.165) is 23.6 Å². The van der Waals surface area contributed by atoms with E-state index in [0.29, 0.717) is 23.8 Å². The van der Waals surface area contributed by atoms with Crippen LogP contribution in [0.1, 0.15) is 67.8 Å². The molecule has 160 valence electrons. The van der Waals surface area contributed by atoms with Crippen molar-refractivity contribution in [2.75, 3.05) is 6.54 Å². The predicted octanol–water partition coefficient (Wildman–Crippen LogP) is 4.15. The molecule has 3 rings (SSSR count). The van der Waals surface area contributed by atoms with Gasteiger partial charge >= 0.3 is 0 Å². The van der Waals surface area contributed by atoms with Crippen LogP contribution >= 0.6 is 12.2 Å². The first-order valence-corrected chi connectivity index (χ1v) is 11.1. The number of hydrogen-bond acceptors (Lipinski definition) is 4. The molecule has 0 saturated heterocycles. The topological polar surface area (TPSA) is 91.4 Å². The maximum Gasteiger partial charge on any atom is 0.261 e. The normalized spacial score (nSPS) is 15.2. The number of hydrogen-bond donors (Lipinski definition) is 2. The molecule has 2 N–H and O–H groups in total. The number of rotatable bonds is 7. The summed E-state index contributed by atoms with van der Waals surface area (Å²) in [6.45, 7) is 7.28. The van der Waals surface area contributed by atoms with Gasteiger partial charge in [-0.3, -0.25) is 9.89 Å². The third-order valence-corrected chi connectivity index (χ3v) is 6.23. The molecule has 0 aromatic carbocycles. The van der Waals surface area contributed by atoms with Crippen LogP contribution in [0.2, 0.25) is 0 Å². The van der Waals surface area contributed by atoms with E-state index in [9.17, 15) is 10.1 Å². The monoisotopic (exact) mass is 426 g/mol. The Hall–Kier alpha value is -2.66. The van der Waals surface area contributed by atoms with E-state index in [2.05, 4.69) is 46.1 Å². The van der Waals surface area contributed by atoms with Crippen LogP contribution in [-0.4, -0.2) is 31.8 Å². The molecule has 0 unspecified atom stereocenters. The lowest BCUT2D eigenvalue weighted by molar-refractivity contribution is -0.117. The van der Waals surface area contributed by atoms with Gasteiger partial charge in [0.05, 0.1) is 0 Å². The van der Waals surface area contributed by atoms with Crippen molar-refractivity contribution < 1.29 is 4.79 Å². The molecule has 1 aliphatic rings. The zero-order valence-corrected chi connectivity index (χ0v) is 18.8. The third kappa shape index (κ3) is 4.73. The van der Waals surface area contributed by atoms with E-state index >= 15 is 0 Å². The summed E-state index contributed by atoms with van der Waals surface area (Å²) in [6.07, 6.45) is 8.48. The number of carbonyl (C=O) groups excluding carboxylic acids is 1. The van der Waals surface area contributed by atoms with Crippen molar-refractivity contribution in [1.29, 1.82) is 5.26 Å². The molecular formula is C22H30N6OS. The van der Waals surface area contributed by atoms with E-state index < -0.39 is 0 Å². The first-order chi connectivity index (χ1) is 14.5. The smallest absolute Gasteiger partial charge is 0.261 e. The fraction of sp³-hybridized carbons (Fsp3) is 0.545. The standard InChI is InChI=1S/C22H30N6OS/c1-4-27-20(25-26-22(27)30)10-11-24-21(29)18(14-23)13-17-12-15(2)28(16(17)3)19-8-6-5-7-9-19/h12-13,19H,4-11H2,1-3H3,(H,24,29)(H,26,30)/b18-13+. The number of H-pyrrole nitrogens is 1. The molecule has 0 bridgehead atoms. The molecule has 0 aliphatic heterocycles. The molecule has 1 fully saturated rings. The summed E-state index contributed by atoms with van der Waals surface area (Å²) < 4.78 is 4.85. The number of nitrogens with zero attached hydrogens (tertiary/aromatic N) is 4. The van der Waals surface area contributed by atoms with Crippen molar-refractivity contribution >= 4 is 24.2 Å². The molecule has 1 amide bonds. The van der Waals surface area contributed by atoms with Gasteiger partial charge in [-0.2, -0.15) is 10.4 Å². The minimum Gasteiger partial charge on any atom is -0.351 e. The summed E-state index contributed by atoms with van der Waals surface area (Å²) >= 11 is 5.18. The minimum atomic E-state index is -0.364. The maximum absolute atomic E-state index is 12.6. The second-order valence-electron chi connectivity index (χ2n) is 7.85. The highest BCUT2D eigenvalue weighted by molar-refractivity contribution is 7.71. The first kappa shape index (κ1) is 22.0. The Morgan fingerprint density at radius 1 is 1.40 bits per heavy atom. The molecule has 0 spiro atoms. The van der Waals surface area contributed by atoms with Crippen molar-refractivity contribution in [3.05, 3.63) is 39.2 Å². The summed E-state index contributed by atoms with van der Waals surface area (Å²) in [6, 6.07) is 4.66. The van der Waals surface area contributed by atoms with Crippen LogP contribution in [0.25, 0.3) is 6.08 Å². The Balaban J connectivity index is 1.70. The molecule has 7 nitrogen and oxygen atoms in total. The Morgan fingerprint density at radius 3 is 2.80 bits per heavy atom. The predicted molar refractivity (Wildman–Crippen MR) is 119 cm³/mol. The summed E-state index contributed by atoms with van der Waals surface area (Å²) in [4.78, 5) is 12.6.